The second kappa shape index (κ2) is 6.76. The molecule has 0 aromatic carbocycles. The van der Waals surface area contributed by atoms with Gasteiger partial charge >= 0.3 is 0 Å². The lowest BCUT2D eigenvalue weighted by molar-refractivity contribution is 0.0513. The van der Waals surface area contributed by atoms with E-state index in [1.807, 2.05) is 0 Å². The third-order valence-electron chi connectivity index (χ3n) is 5.76. The molecule has 3 nitrogen and oxygen atoms in total. The van der Waals surface area contributed by atoms with Gasteiger partial charge in [0.1, 0.15) is 0 Å². The van der Waals surface area contributed by atoms with Crippen LogP contribution >= 0.6 is 0 Å². The monoisotopic (exact) mass is 280 g/mol. The molecule has 0 aliphatic carbocycles. The first-order valence-electron chi connectivity index (χ1n) is 8.92. The minimum absolute atomic E-state index is 0.533. The molecule has 20 heavy (non-hydrogen) atoms. The van der Waals surface area contributed by atoms with Gasteiger partial charge in [0.25, 0.3) is 0 Å². The molecular formula is C17H32N2O. The van der Waals surface area contributed by atoms with Gasteiger partial charge in [-0.05, 0) is 57.4 Å². The van der Waals surface area contributed by atoms with Crippen LogP contribution in [0.3, 0.4) is 0 Å². The Balaban J connectivity index is 1.54. The smallest absolute Gasteiger partial charge is 0.0613 e. The van der Waals surface area contributed by atoms with Crippen LogP contribution in [-0.2, 0) is 4.74 Å². The van der Waals surface area contributed by atoms with Gasteiger partial charge in [0.2, 0.25) is 0 Å². The molecule has 0 saturated carbocycles. The quantitative estimate of drug-likeness (QED) is 0.810. The average molecular weight is 280 g/mol. The number of nitrogens with one attached hydrogen (secondary N) is 1. The molecule has 116 valence electrons. The van der Waals surface area contributed by atoms with E-state index in [0.717, 1.165) is 30.7 Å². The molecule has 3 saturated heterocycles. The number of rotatable bonds is 6. The Bertz CT molecular complexity index is 295. The second-order valence-corrected chi connectivity index (χ2v) is 7.07. The van der Waals surface area contributed by atoms with Crippen molar-refractivity contribution < 1.29 is 4.74 Å². The maximum absolute atomic E-state index is 5.88. The van der Waals surface area contributed by atoms with Crippen molar-refractivity contribution in [1.29, 1.82) is 0 Å². The van der Waals surface area contributed by atoms with Crippen LogP contribution in [0, 0.1) is 5.92 Å². The zero-order valence-corrected chi connectivity index (χ0v) is 13.3. The summed E-state index contributed by atoms with van der Waals surface area (Å²) in [5, 5.41) is 3.75. The summed E-state index contributed by atoms with van der Waals surface area (Å²) in [6, 6.07) is 2.48. The summed E-state index contributed by atoms with van der Waals surface area (Å²) in [5.41, 5.74) is 0. The largest absolute Gasteiger partial charge is 0.378 e. The molecule has 3 aliphatic heterocycles. The molecule has 0 amide bonds. The zero-order valence-electron chi connectivity index (χ0n) is 13.3. The molecule has 0 aromatic rings. The van der Waals surface area contributed by atoms with Crippen molar-refractivity contribution in [2.24, 2.45) is 5.92 Å². The molecule has 4 atom stereocenters. The fourth-order valence-corrected chi connectivity index (χ4v) is 4.71. The Labute approximate surface area is 124 Å². The highest BCUT2D eigenvalue weighted by atomic mass is 16.5. The van der Waals surface area contributed by atoms with Gasteiger partial charge in [-0.1, -0.05) is 13.8 Å². The lowest BCUT2D eigenvalue weighted by atomic mass is 9.93. The van der Waals surface area contributed by atoms with Crippen LogP contribution in [0.5, 0.6) is 0 Å². The Morgan fingerprint density at radius 3 is 2.50 bits per heavy atom. The van der Waals surface area contributed by atoms with Gasteiger partial charge in [-0.15, -0.1) is 0 Å². The molecule has 1 N–H and O–H groups in total. The molecule has 3 aliphatic rings. The van der Waals surface area contributed by atoms with Crippen LogP contribution in [0.25, 0.3) is 0 Å². The molecule has 2 bridgehead atoms. The highest BCUT2D eigenvalue weighted by Gasteiger charge is 2.42. The fraction of sp³-hybridized carbons (Fsp3) is 1.00. The predicted molar refractivity (Wildman–Crippen MR) is 83.0 cm³/mol. The average Bonchev–Trinajstić information content (AvgIpc) is 2.99. The maximum Gasteiger partial charge on any atom is 0.0613 e. The minimum Gasteiger partial charge on any atom is -0.378 e. The first-order valence-corrected chi connectivity index (χ1v) is 8.92. The highest BCUT2D eigenvalue weighted by Crippen LogP contribution is 2.38. The molecular weight excluding hydrogens is 248 g/mol. The number of hydrogen-bond donors (Lipinski definition) is 1. The molecule has 4 unspecified atom stereocenters. The summed E-state index contributed by atoms with van der Waals surface area (Å²) >= 11 is 0. The number of piperidine rings is 1. The Morgan fingerprint density at radius 2 is 1.85 bits per heavy atom. The first-order chi connectivity index (χ1) is 9.81. The standard InChI is InChI=1S/C17H32N2O/c1-3-8-18-14-10-15-5-6-16(11-14)19(15)12-13-7-9-20-17(13)4-2/h13-18H,3-12H2,1-2H3. The van der Waals surface area contributed by atoms with Gasteiger partial charge in [-0.2, -0.15) is 0 Å². The molecule has 0 spiro atoms. The number of fused-ring (bicyclic) bond motifs is 2. The van der Waals surface area contributed by atoms with Crippen molar-refractivity contribution >= 4 is 0 Å². The van der Waals surface area contributed by atoms with E-state index in [-0.39, 0.29) is 0 Å². The molecule has 3 heterocycles. The van der Waals surface area contributed by atoms with Gasteiger partial charge in [0.05, 0.1) is 6.10 Å². The molecule has 3 fully saturated rings. The zero-order chi connectivity index (χ0) is 13.9. The van der Waals surface area contributed by atoms with Gasteiger partial charge < -0.3 is 10.1 Å². The lowest BCUT2D eigenvalue weighted by Crippen LogP contribution is -2.51. The molecule has 0 radical (unpaired) electrons. The van der Waals surface area contributed by atoms with E-state index in [9.17, 15) is 0 Å². The van der Waals surface area contributed by atoms with E-state index in [4.69, 9.17) is 4.74 Å². The third-order valence-corrected chi connectivity index (χ3v) is 5.76. The summed E-state index contributed by atoms with van der Waals surface area (Å²) < 4.78 is 5.88. The van der Waals surface area contributed by atoms with Crippen LogP contribution in [0.2, 0.25) is 0 Å². The minimum atomic E-state index is 0.533. The predicted octanol–water partition coefficient (Wildman–Crippen LogP) is 2.80. The Morgan fingerprint density at radius 1 is 1.10 bits per heavy atom. The van der Waals surface area contributed by atoms with Crippen LogP contribution in [0.4, 0.5) is 0 Å². The van der Waals surface area contributed by atoms with E-state index >= 15 is 0 Å². The lowest BCUT2D eigenvalue weighted by Gasteiger charge is -2.41. The molecule has 3 heteroatoms. The molecule has 0 aromatic heterocycles. The highest BCUT2D eigenvalue weighted by molar-refractivity contribution is 4.98. The SMILES string of the molecule is CCCNC1CC2CCC(C1)N2CC1CCOC1CC. The topological polar surface area (TPSA) is 24.5 Å². The third kappa shape index (κ3) is 3.05. The fourth-order valence-electron chi connectivity index (χ4n) is 4.71. The normalized spacial score (nSPS) is 41.4. The van der Waals surface area contributed by atoms with Gasteiger partial charge in [-0.3, -0.25) is 4.90 Å². The van der Waals surface area contributed by atoms with Crippen LogP contribution in [0.1, 0.15) is 58.8 Å². The van der Waals surface area contributed by atoms with Crippen molar-refractivity contribution in [1.82, 2.24) is 10.2 Å². The second-order valence-electron chi connectivity index (χ2n) is 7.07. The van der Waals surface area contributed by atoms with Crippen molar-refractivity contribution in [2.75, 3.05) is 19.7 Å². The van der Waals surface area contributed by atoms with E-state index < -0.39 is 0 Å². The van der Waals surface area contributed by atoms with Crippen LogP contribution in [-0.4, -0.2) is 48.8 Å². The number of hydrogen-bond acceptors (Lipinski definition) is 3. The van der Waals surface area contributed by atoms with Gasteiger partial charge in [-0.25, -0.2) is 0 Å². The van der Waals surface area contributed by atoms with Crippen molar-refractivity contribution in [2.45, 2.75) is 83.0 Å². The summed E-state index contributed by atoms with van der Waals surface area (Å²) in [5.74, 6) is 0.795. The van der Waals surface area contributed by atoms with Crippen LogP contribution < -0.4 is 5.32 Å². The summed E-state index contributed by atoms with van der Waals surface area (Å²) in [4.78, 5) is 2.85. The maximum atomic E-state index is 5.88. The Hall–Kier alpha value is -0.120. The van der Waals surface area contributed by atoms with E-state index in [0.29, 0.717) is 6.10 Å². The van der Waals surface area contributed by atoms with Crippen molar-refractivity contribution in [3.63, 3.8) is 0 Å². The van der Waals surface area contributed by atoms with Crippen LogP contribution in [0.15, 0.2) is 0 Å². The Kier molecular flexibility index (Phi) is 5.00. The van der Waals surface area contributed by atoms with E-state index in [1.54, 1.807) is 0 Å². The number of ether oxygens (including phenoxy) is 1. The van der Waals surface area contributed by atoms with E-state index in [1.165, 1.54) is 58.0 Å². The summed E-state index contributed by atoms with van der Waals surface area (Å²) in [6.45, 7) is 8.03. The summed E-state index contributed by atoms with van der Waals surface area (Å²) in [7, 11) is 0. The van der Waals surface area contributed by atoms with Crippen molar-refractivity contribution in [3.8, 4) is 0 Å². The van der Waals surface area contributed by atoms with Gasteiger partial charge in [0.15, 0.2) is 0 Å². The number of nitrogens with zero attached hydrogens (tertiary/aromatic N) is 1. The van der Waals surface area contributed by atoms with E-state index in [2.05, 4.69) is 24.1 Å². The first kappa shape index (κ1) is 14.8. The van der Waals surface area contributed by atoms with Crippen molar-refractivity contribution in [3.05, 3.63) is 0 Å². The molecule has 3 rings (SSSR count). The summed E-state index contributed by atoms with van der Waals surface area (Å²) in [6.07, 6.45) is 9.87. The van der Waals surface area contributed by atoms with Gasteiger partial charge in [0, 0.05) is 31.3 Å².